The third-order valence-corrected chi connectivity index (χ3v) is 4.44. The number of para-hydroxylation sites is 2. The molecule has 0 unspecified atom stereocenters. The highest BCUT2D eigenvalue weighted by Crippen LogP contribution is 2.21. The van der Waals surface area contributed by atoms with Gasteiger partial charge in [0.25, 0.3) is 0 Å². The van der Waals surface area contributed by atoms with Crippen molar-refractivity contribution in [2.24, 2.45) is 0 Å². The SMILES string of the molecule is CNC(=O)CNC(=O)Cn1c(NCc2ccccc2Cl)nc2ccccc21. The monoisotopic (exact) mass is 385 g/mol. The molecule has 140 valence electrons. The molecule has 0 spiro atoms. The second-order valence-corrected chi connectivity index (χ2v) is 6.31. The highest BCUT2D eigenvalue weighted by Gasteiger charge is 2.14. The van der Waals surface area contributed by atoms with E-state index in [1.54, 1.807) is 4.57 Å². The lowest BCUT2D eigenvalue weighted by molar-refractivity contribution is -0.126. The van der Waals surface area contributed by atoms with E-state index >= 15 is 0 Å². The van der Waals surface area contributed by atoms with E-state index in [1.807, 2.05) is 48.5 Å². The summed E-state index contributed by atoms with van der Waals surface area (Å²) < 4.78 is 1.78. The maximum atomic E-state index is 12.3. The van der Waals surface area contributed by atoms with Crippen molar-refractivity contribution < 1.29 is 9.59 Å². The van der Waals surface area contributed by atoms with Gasteiger partial charge in [0.05, 0.1) is 17.6 Å². The summed E-state index contributed by atoms with van der Waals surface area (Å²) in [5.74, 6) is 0.0321. The maximum absolute atomic E-state index is 12.3. The standard InChI is InChI=1S/C19H20ClN5O2/c1-21-17(26)11-22-18(27)12-25-16-9-5-4-8-15(16)24-19(25)23-10-13-6-2-3-7-14(13)20/h2-9H,10-12H2,1H3,(H,21,26)(H,22,27)(H,23,24). The molecule has 7 nitrogen and oxygen atoms in total. The number of hydrogen-bond acceptors (Lipinski definition) is 4. The molecule has 0 saturated carbocycles. The Morgan fingerprint density at radius 3 is 2.59 bits per heavy atom. The predicted octanol–water partition coefficient (Wildman–Crippen LogP) is 2.16. The number of carbonyl (C=O) groups is 2. The third-order valence-electron chi connectivity index (χ3n) is 4.08. The number of hydrogen-bond donors (Lipinski definition) is 3. The first kappa shape index (κ1) is 18.7. The molecule has 2 aromatic carbocycles. The summed E-state index contributed by atoms with van der Waals surface area (Å²) in [6.45, 7) is 0.454. The molecule has 0 aliphatic carbocycles. The van der Waals surface area contributed by atoms with Gasteiger partial charge in [0.15, 0.2) is 0 Å². The van der Waals surface area contributed by atoms with Crippen LogP contribution in [-0.2, 0) is 22.7 Å². The fourth-order valence-electron chi connectivity index (χ4n) is 2.65. The lowest BCUT2D eigenvalue weighted by Gasteiger charge is -2.12. The Balaban J connectivity index is 1.80. The Morgan fingerprint density at radius 1 is 1.07 bits per heavy atom. The van der Waals surface area contributed by atoms with Crippen LogP contribution < -0.4 is 16.0 Å². The normalized spacial score (nSPS) is 10.6. The van der Waals surface area contributed by atoms with Crippen LogP contribution in [0.4, 0.5) is 5.95 Å². The van der Waals surface area contributed by atoms with E-state index in [0.717, 1.165) is 16.6 Å². The van der Waals surface area contributed by atoms with Gasteiger partial charge in [0.1, 0.15) is 6.54 Å². The number of amides is 2. The van der Waals surface area contributed by atoms with Crippen LogP contribution in [0.5, 0.6) is 0 Å². The van der Waals surface area contributed by atoms with Crippen molar-refractivity contribution in [3.8, 4) is 0 Å². The molecule has 0 aliphatic heterocycles. The van der Waals surface area contributed by atoms with E-state index in [-0.39, 0.29) is 24.9 Å². The molecule has 0 atom stereocenters. The number of nitrogens with one attached hydrogen (secondary N) is 3. The van der Waals surface area contributed by atoms with Crippen LogP contribution in [0.3, 0.4) is 0 Å². The molecule has 0 radical (unpaired) electrons. The molecule has 0 aliphatic rings. The predicted molar refractivity (Wildman–Crippen MR) is 106 cm³/mol. The smallest absolute Gasteiger partial charge is 0.240 e. The lowest BCUT2D eigenvalue weighted by Crippen LogP contribution is -2.37. The summed E-state index contributed by atoms with van der Waals surface area (Å²) in [7, 11) is 1.52. The minimum atomic E-state index is -0.275. The molecule has 3 N–H and O–H groups in total. The van der Waals surface area contributed by atoms with Crippen LogP contribution >= 0.6 is 11.6 Å². The zero-order valence-electron chi connectivity index (χ0n) is 14.8. The zero-order chi connectivity index (χ0) is 19.2. The van der Waals surface area contributed by atoms with E-state index in [1.165, 1.54) is 7.05 Å². The number of halogens is 1. The lowest BCUT2D eigenvalue weighted by atomic mass is 10.2. The number of anilines is 1. The number of likely N-dealkylation sites (N-methyl/N-ethyl adjacent to an activating group) is 1. The molecule has 1 heterocycles. The summed E-state index contributed by atoms with van der Waals surface area (Å²) >= 11 is 6.21. The van der Waals surface area contributed by atoms with Gasteiger partial charge in [-0.15, -0.1) is 0 Å². The second-order valence-electron chi connectivity index (χ2n) is 5.91. The molecule has 2 amide bonds. The summed E-state index contributed by atoms with van der Waals surface area (Å²) in [6.07, 6.45) is 0. The number of benzene rings is 2. The van der Waals surface area contributed by atoms with Gasteiger partial charge < -0.3 is 20.5 Å². The van der Waals surface area contributed by atoms with Gasteiger partial charge in [-0.25, -0.2) is 4.98 Å². The van der Waals surface area contributed by atoms with Crippen molar-refractivity contribution in [3.05, 3.63) is 59.1 Å². The fourth-order valence-corrected chi connectivity index (χ4v) is 2.86. The van der Waals surface area contributed by atoms with Crippen molar-refractivity contribution in [2.45, 2.75) is 13.1 Å². The van der Waals surface area contributed by atoms with Gasteiger partial charge in [0.2, 0.25) is 17.8 Å². The van der Waals surface area contributed by atoms with Crippen LogP contribution in [0.15, 0.2) is 48.5 Å². The van der Waals surface area contributed by atoms with Crippen molar-refractivity contribution in [3.63, 3.8) is 0 Å². The van der Waals surface area contributed by atoms with Gasteiger partial charge >= 0.3 is 0 Å². The number of fused-ring (bicyclic) bond motifs is 1. The van der Waals surface area contributed by atoms with Crippen molar-refractivity contribution in [1.82, 2.24) is 20.2 Å². The first-order valence-electron chi connectivity index (χ1n) is 8.48. The number of carbonyl (C=O) groups excluding carboxylic acids is 2. The zero-order valence-corrected chi connectivity index (χ0v) is 15.6. The van der Waals surface area contributed by atoms with Gasteiger partial charge in [-0.3, -0.25) is 9.59 Å². The van der Waals surface area contributed by atoms with Gasteiger partial charge in [-0.2, -0.15) is 0 Å². The van der Waals surface area contributed by atoms with E-state index in [4.69, 9.17) is 11.6 Å². The van der Waals surface area contributed by atoms with Crippen LogP contribution in [-0.4, -0.2) is 35.0 Å². The topological polar surface area (TPSA) is 88.0 Å². The van der Waals surface area contributed by atoms with E-state index < -0.39 is 0 Å². The maximum Gasteiger partial charge on any atom is 0.240 e. The molecule has 1 aromatic heterocycles. The summed E-state index contributed by atoms with van der Waals surface area (Å²) in [5, 5.41) is 8.98. The van der Waals surface area contributed by atoms with Crippen LogP contribution in [0.2, 0.25) is 5.02 Å². The fraction of sp³-hybridized carbons (Fsp3) is 0.211. The Labute approximate surface area is 161 Å². The van der Waals surface area contributed by atoms with Crippen molar-refractivity contribution >= 4 is 40.4 Å². The molecule has 3 rings (SSSR count). The van der Waals surface area contributed by atoms with Crippen LogP contribution in [0.1, 0.15) is 5.56 Å². The number of imidazole rings is 1. The molecule has 3 aromatic rings. The Kier molecular flexibility index (Phi) is 5.93. The third kappa shape index (κ3) is 4.57. The van der Waals surface area contributed by atoms with Gasteiger partial charge in [-0.1, -0.05) is 41.9 Å². The van der Waals surface area contributed by atoms with E-state index in [9.17, 15) is 9.59 Å². The quantitative estimate of drug-likeness (QED) is 0.581. The summed E-state index contributed by atoms with van der Waals surface area (Å²) in [5.41, 5.74) is 2.54. The van der Waals surface area contributed by atoms with Gasteiger partial charge in [0, 0.05) is 18.6 Å². The number of rotatable bonds is 7. The minimum absolute atomic E-state index is 0.0440. The van der Waals surface area contributed by atoms with Crippen molar-refractivity contribution in [2.75, 3.05) is 18.9 Å². The molecule has 27 heavy (non-hydrogen) atoms. The number of aromatic nitrogens is 2. The van der Waals surface area contributed by atoms with E-state index in [2.05, 4.69) is 20.9 Å². The number of nitrogens with zero attached hydrogens (tertiary/aromatic N) is 2. The first-order chi connectivity index (χ1) is 13.1. The van der Waals surface area contributed by atoms with Crippen LogP contribution in [0.25, 0.3) is 11.0 Å². The highest BCUT2D eigenvalue weighted by molar-refractivity contribution is 6.31. The second kappa shape index (κ2) is 8.55. The molecule has 0 fully saturated rings. The average molecular weight is 386 g/mol. The first-order valence-corrected chi connectivity index (χ1v) is 8.86. The van der Waals surface area contributed by atoms with Crippen molar-refractivity contribution in [1.29, 1.82) is 0 Å². The van der Waals surface area contributed by atoms with Gasteiger partial charge in [-0.05, 0) is 23.8 Å². The molecule has 8 heteroatoms. The van der Waals surface area contributed by atoms with Crippen LogP contribution in [0, 0.1) is 0 Å². The van der Waals surface area contributed by atoms with E-state index in [0.29, 0.717) is 17.5 Å². The molecular weight excluding hydrogens is 366 g/mol. The Bertz CT molecular complexity index is 970. The molecule has 0 saturated heterocycles. The minimum Gasteiger partial charge on any atom is -0.358 e. The summed E-state index contributed by atoms with van der Waals surface area (Å²) in [6, 6.07) is 15.1. The average Bonchev–Trinajstić information content (AvgIpc) is 3.03. The summed E-state index contributed by atoms with van der Waals surface area (Å²) in [4.78, 5) is 28.2. The molecule has 0 bridgehead atoms. The highest BCUT2D eigenvalue weighted by atomic mass is 35.5. The largest absolute Gasteiger partial charge is 0.358 e. The Hall–Kier alpha value is -3.06. The Morgan fingerprint density at radius 2 is 1.81 bits per heavy atom. The molecular formula is C19H20ClN5O2.